The van der Waals surface area contributed by atoms with Gasteiger partial charge in [0.1, 0.15) is 13.2 Å². The zero-order chi connectivity index (χ0) is 57.8. The topological polar surface area (TPSA) is 78.9 Å². The van der Waals surface area contributed by atoms with E-state index in [2.05, 4.69) is 154 Å². The highest BCUT2D eigenvalue weighted by atomic mass is 16.6. The first-order valence-electron chi connectivity index (χ1n) is 33.2. The van der Waals surface area contributed by atoms with Gasteiger partial charge in [0.25, 0.3) is 0 Å². The van der Waals surface area contributed by atoms with Crippen molar-refractivity contribution < 1.29 is 28.6 Å². The molecule has 0 saturated carbocycles. The number of rotatable bonds is 59. The summed E-state index contributed by atoms with van der Waals surface area (Å²) in [7, 11) is 0. The molecule has 0 radical (unpaired) electrons. The molecule has 1 unspecified atom stereocenters. The summed E-state index contributed by atoms with van der Waals surface area (Å²) in [4.78, 5) is 38.4. The van der Waals surface area contributed by atoms with E-state index >= 15 is 0 Å². The van der Waals surface area contributed by atoms with Gasteiger partial charge >= 0.3 is 17.9 Å². The molecule has 0 aliphatic rings. The van der Waals surface area contributed by atoms with Crippen LogP contribution in [0.25, 0.3) is 0 Å². The Morgan fingerprint density at radius 2 is 0.487 bits per heavy atom. The first-order valence-corrected chi connectivity index (χ1v) is 33.2. The maximum Gasteiger partial charge on any atom is 0.306 e. The van der Waals surface area contributed by atoms with Crippen molar-refractivity contribution in [2.24, 2.45) is 0 Å². The van der Waals surface area contributed by atoms with Gasteiger partial charge in [0, 0.05) is 19.3 Å². The molecule has 0 fully saturated rings. The van der Waals surface area contributed by atoms with Crippen LogP contribution in [0.15, 0.2) is 134 Å². The van der Waals surface area contributed by atoms with E-state index in [1.54, 1.807) is 0 Å². The van der Waals surface area contributed by atoms with Crippen LogP contribution in [0.1, 0.15) is 297 Å². The molecule has 0 aromatic rings. The summed E-state index contributed by atoms with van der Waals surface area (Å²) >= 11 is 0. The van der Waals surface area contributed by atoms with Crippen molar-refractivity contribution in [1.82, 2.24) is 0 Å². The fraction of sp³-hybridized carbons (Fsp3) is 0.662. The molecule has 0 aliphatic carbocycles. The molecular formula is C74H122O6. The number of hydrogen-bond acceptors (Lipinski definition) is 6. The molecular weight excluding hydrogens is 985 g/mol. The maximum absolute atomic E-state index is 12.9. The van der Waals surface area contributed by atoms with Crippen molar-refractivity contribution in [2.75, 3.05) is 13.2 Å². The molecule has 0 aromatic carbocycles. The number of ether oxygens (including phenoxy) is 3. The zero-order valence-electron chi connectivity index (χ0n) is 52.0. The Hall–Kier alpha value is -4.45. The Morgan fingerprint density at radius 1 is 0.263 bits per heavy atom. The first-order chi connectivity index (χ1) is 39.5. The highest BCUT2D eigenvalue weighted by Crippen LogP contribution is 2.15. The van der Waals surface area contributed by atoms with Gasteiger partial charge in [-0.1, -0.05) is 276 Å². The second-order valence-corrected chi connectivity index (χ2v) is 21.6. The van der Waals surface area contributed by atoms with Crippen molar-refractivity contribution in [3.8, 4) is 0 Å². The SMILES string of the molecule is CC/C=C\C/C=C\C/C=C\C/C=C\C/C=C\CCCCCCCC(=O)OC(COC(=O)CCCCCCCCC/C=C\C/C=C\CCCCCC)COC(=O)CCCCCCCCCCCC/C=C\C/C=C\C/C=C\C/C=C\CC. The lowest BCUT2D eigenvalue weighted by molar-refractivity contribution is -0.167. The molecule has 0 aliphatic heterocycles. The van der Waals surface area contributed by atoms with E-state index in [0.29, 0.717) is 19.3 Å². The molecule has 0 bridgehead atoms. The van der Waals surface area contributed by atoms with Crippen LogP contribution in [0.2, 0.25) is 0 Å². The Morgan fingerprint density at radius 3 is 0.762 bits per heavy atom. The number of carbonyl (C=O) groups excluding carboxylic acids is 3. The second-order valence-electron chi connectivity index (χ2n) is 21.6. The third kappa shape index (κ3) is 64.4. The first kappa shape index (κ1) is 75.5. The Kier molecular flexibility index (Phi) is 63.3. The Bertz CT molecular complexity index is 1700. The van der Waals surface area contributed by atoms with Crippen LogP contribution in [0.3, 0.4) is 0 Å². The van der Waals surface area contributed by atoms with E-state index in [9.17, 15) is 14.4 Å². The van der Waals surface area contributed by atoms with E-state index in [4.69, 9.17) is 14.2 Å². The van der Waals surface area contributed by atoms with E-state index in [1.807, 2.05) is 0 Å². The smallest absolute Gasteiger partial charge is 0.306 e. The largest absolute Gasteiger partial charge is 0.462 e. The summed E-state index contributed by atoms with van der Waals surface area (Å²) in [5.74, 6) is -0.919. The molecule has 0 spiro atoms. The van der Waals surface area contributed by atoms with E-state index in [0.717, 1.165) is 148 Å². The quantitative estimate of drug-likeness (QED) is 0.0261. The summed E-state index contributed by atoms with van der Waals surface area (Å²) in [5, 5.41) is 0. The van der Waals surface area contributed by atoms with Crippen molar-refractivity contribution >= 4 is 17.9 Å². The third-order valence-electron chi connectivity index (χ3n) is 13.9. The van der Waals surface area contributed by atoms with E-state index in [-0.39, 0.29) is 31.1 Å². The van der Waals surface area contributed by atoms with Crippen LogP contribution in [0, 0.1) is 0 Å². The van der Waals surface area contributed by atoms with Gasteiger partial charge < -0.3 is 14.2 Å². The number of carbonyl (C=O) groups is 3. The van der Waals surface area contributed by atoms with E-state index < -0.39 is 6.10 Å². The van der Waals surface area contributed by atoms with E-state index in [1.165, 1.54) is 109 Å². The monoisotopic (exact) mass is 1110 g/mol. The van der Waals surface area contributed by atoms with Gasteiger partial charge in [-0.25, -0.2) is 0 Å². The predicted octanol–water partition coefficient (Wildman–Crippen LogP) is 22.9. The fourth-order valence-corrected chi connectivity index (χ4v) is 8.96. The maximum atomic E-state index is 12.9. The van der Waals surface area contributed by atoms with Crippen LogP contribution < -0.4 is 0 Å². The van der Waals surface area contributed by atoms with Crippen molar-refractivity contribution in [3.63, 3.8) is 0 Å². The molecule has 80 heavy (non-hydrogen) atoms. The summed E-state index contributed by atoms with van der Waals surface area (Å²) < 4.78 is 16.9. The lowest BCUT2D eigenvalue weighted by Gasteiger charge is -2.18. The summed E-state index contributed by atoms with van der Waals surface area (Å²) in [6.07, 6.45) is 94.5. The molecule has 6 nitrogen and oxygen atoms in total. The van der Waals surface area contributed by atoms with Gasteiger partial charge in [0.2, 0.25) is 0 Å². The average molecular weight is 1110 g/mol. The van der Waals surface area contributed by atoms with Crippen LogP contribution in [-0.4, -0.2) is 37.2 Å². The normalized spacial score (nSPS) is 13.0. The van der Waals surface area contributed by atoms with Gasteiger partial charge in [0.05, 0.1) is 0 Å². The van der Waals surface area contributed by atoms with Gasteiger partial charge in [-0.3, -0.25) is 14.4 Å². The molecule has 0 amide bonds. The highest BCUT2D eigenvalue weighted by Gasteiger charge is 2.19. The zero-order valence-corrected chi connectivity index (χ0v) is 52.0. The second kappa shape index (κ2) is 67.1. The van der Waals surface area contributed by atoms with Crippen LogP contribution in [0.4, 0.5) is 0 Å². The van der Waals surface area contributed by atoms with Crippen LogP contribution in [0.5, 0.6) is 0 Å². The van der Waals surface area contributed by atoms with Gasteiger partial charge in [-0.05, 0) is 135 Å². The summed E-state index contributed by atoms with van der Waals surface area (Å²) in [6, 6.07) is 0. The standard InChI is InChI=1S/C74H122O6/c1-4-7-10-13-16-19-22-25-28-31-34-36-37-39-40-43-46-49-52-55-58-61-64-67-73(76)79-70-71(69-78-72(75)66-63-60-57-54-51-48-45-42-33-30-27-24-21-18-15-12-9-6-3)80-74(77)68-65-62-59-56-53-50-47-44-41-38-35-32-29-26-23-20-17-14-11-8-5-2/h7-8,10-11,16-17,19-21,24-26,28-30,33-36,38,44,47,71H,4-6,9,12-15,18,22-23,27,31-32,37,39-43,45-46,48-70H2,1-3H3/b10-7-,11-8-,19-16-,20-17-,24-21-,28-25-,29-26-,33-30-,36-34-,38-35-,47-44-. The predicted molar refractivity (Wildman–Crippen MR) is 348 cm³/mol. The molecule has 6 heteroatoms. The average Bonchev–Trinajstić information content (AvgIpc) is 3.46. The third-order valence-corrected chi connectivity index (χ3v) is 13.9. The minimum atomic E-state index is -0.801. The molecule has 0 saturated heterocycles. The molecule has 0 aromatic heterocycles. The van der Waals surface area contributed by atoms with Crippen molar-refractivity contribution in [3.05, 3.63) is 134 Å². The number of esters is 3. The number of hydrogen-bond donors (Lipinski definition) is 0. The summed E-state index contributed by atoms with van der Waals surface area (Å²) in [6.45, 7) is 6.39. The molecule has 1 atom stereocenters. The lowest BCUT2D eigenvalue weighted by Crippen LogP contribution is -2.30. The molecule has 0 heterocycles. The van der Waals surface area contributed by atoms with Gasteiger partial charge in [-0.2, -0.15) is 0 Å². The Labute approximate surface area is 494 Å². The minimum Gasteiger partial charge on any atom is -0.462 e. The number of allylic oxidation sites excluding steroid dienone is 22. The van der Waals surface area contributed by atoms with Gasteiger partial charge in [0.15, 0.2) is 6.10 Å². The Balaban J connectivity index is 4.45. The highest BCUT2D eigenvalue weighted by molar-refractivity contribution is 5.71. The minimum absolute atomic E-state index is 0.0941. The van der Waals surface area contributed by atoms with Gasteiger partial charge in [-0.15, -0.1) is 0 Å². The van der Waals surface area contributed by atoms with Crippen LogP contribution >= 0.6 is 0 Å². The molecule has 0 rings (SSSR count). The van der Waals surface area contributed by atoms with Crippen LogP contribution in [-0.2, 0) is 28.6 Å². The molecule has 454 valence electrons. The fourth-order valence-electron chi connectivity index (χ4n) is 8.96. The van der Waals surface area contributed by atoms with Crippen molar-refractivity contribution in [2.45, 2.75) is 303 Å². The van der Waals surface area contributed by atoms with Crippen molar-refractivity contribution in [1.29, 1.82) is 0 Å². The molecule has 0 N–H and O–H groups in total. The number of unbranched alkanes of at least 4 members (excludes halogenated alkanes) is 26. The summed E-state index contributed by atoms with van der Waals surface area (Å²) in [5.41, 5.74) is 0. The lowest BCUT2D eigenvalue weighted by atomic mass is 10.1.